The van der Waals surface area contributed by atoms with Crippen molar-refractivity contribution in [2.75, 3.05) is 26.2 Å². The van der Waals surface area contributed by atoms with Crippen LogP contribution < -0.4 is 0 Å². The van der Waals surface area contributed by atoms with Crippen molar-refractivity contribution in [1.29, 1.82) is 0 Å². The number of phenols is 1. The number of likely N-dealkylation sites (tertiary alicyclic amines) is 1. The second-order valence-electron chi connectivity index (χ2n) is 6.76. The van der Waals surface area contributed by atoms with Gasteiger partial charge in [0.25, 0.3) is 0 Å². The Labute approximate surface area is 130 Å². The van der Waals surface area contributed by atoms with E-state index in [9.17, 15) is 15.0 Å². The molecule has 5 nitrogen and oxygen atoms in total. The van der Waals surface area contributed by atoms with Crippen LogP contribution in [0.1, 0.15) is 24.3 Å². The molecule has 1 aromatic carbocycles. The molecule has 4 fully saturated rings. The molecule has 4 aliphatic heterocycles. The van der Waals surface area contributed by atoms with E-state index in [4.69, 9.17) is 0 Å². The molecule has 4 heterocycles. The van der Waals surface area contributed by atoms with Crippen molar-refractivity contribution >= 4 is 5.91 Å². The van der Waals surface area contributed by atoms with Crippen LogP contribution in [-0.4, -0.2) is 64.2 Å². The molecule has 2 N–H and O–H groups in total. The summed E-state index contributed by atoms with van der Waals surface area (Å²) in [5.74, 6) is 0.881. The summed E-state index contributed by atoms with van der Waals surface area (Å²) in [5.41, 5.74) is 1.09. The smallest absolute Gasteiger partial charge is 0.248 e. The van der Waals surface area contributed by atoms with E-state index in [1.165, 1.54) is 0 Å². The standard InChI is InChI=1S/C17H22N2O3/c20-10-15(22)19-9-14(12-2-1-3-13(21)8-12)17-16(19)11-4-6-18(17)7-5-11/h1-3,8,11,14,16-17,20-21H,4-7,9-10H2/t14-,16+,17+/m0/s1. The van der Waals surface area contributed by atoms with Gasteiger partial charge in [-0.2, -0.15) is 0 Å². The normalized spacial score (nSPS) is 36.4. The van der Waals surface area contributed by atoms with Gasteiger partial charge in [0.05, 0.1) is 6.04 Å². The molecule has 3 atom stereocenters. The van der Waals surface area contributed by atoms with Gasteiger partial charge in [-0.25, -0.2) is 0 Å². The van der Waals surface area contributed by atoms with E-state index >= 15 is 0 Å². The maximum absolute atomic E-state index is 12.2. The summed E-state index contributed by atoms with van der Waals surface area (Å²) < 4.78 is 0. The van der Waals surface area contributed by atoms with E-state index in [2.05, 4.69) is 4.90 Å². The van der Waals surface area contributed by atoms with Crippen molar-refractivity contribution in [2.24, 2.45) is 5.92 Å². The lowest BCUT2D eigenvalue weighted by molar-refractivity contribution is -0.138. The Hall–Kier alpha value is -1.59. The van der Waals surface area contributed by atoms with Gasteiger partial charge in [0.1, 0.15) is 12.4 Å². The third-order valence-corrected chi connectivity index (χ3v) is 5.75. The summed E-state index contributed by atoms with van der Waals surface area (Å²) in [5, 5.41) is 19.1. The molecule has 5 heteroatoms. The number of carbonyl (C=O) groups is 1. The zero-order chi connectivity index (χ0) is 15.3. The van der Waals surface area contributed by atoms with Gasteiger partial charge in [-0.1, -0.05) is 12.1 Å². The lowest BCUT2D eigenvalue weighted by atomic mass is 9.75. The fourth-order valence-corrected chi connectivity index (χ4v) is 4.84. The molecule has 0 radical (unpaired) electrons. The number of carbonyl (C=O) groups excluding carboxylic acids is 1. The Bertz CT molecular complexity index is 583. The van der Waals surface area contributed by atoms with E-state index in [0.717, 1.165) is 31.5 Å². The summed E-state index contributed by atoms with van der Waals surface area (Å²) in [6.07, 6.45) is 2.28. The van der Waals surface area contributed by atoms with Crippen molar-refractivity contribution in [3.05, 3.63) is 29.8 Å². The first-order chi connectivity index (χ1) is 10.7. The molecule has 0 aromatic heterocycles. The number of piperidine rings is 3. The predicted octanol–water partition coefficient (Wildman–Crippen LogP) is 0.773. The van der Waals surface area contributed by atoms with Crippen molar-refractivity contribution in [3.63, 3.8) is 0 Å². The summed E-state index contributed by atoms with van der Waals surface area (Å²) in [4.78, 5) is 16.6. The third-order valence-electron chi connectivity index (χ3n) is 5.75. The summed E-state index contributed by atoms with van der Waals surface area (Å²) in [6.45, 7) is 2.43. The number of benzene rings is 1. The topological polar surface area (TPSA) is 64.0 Å². The lowest BCUT2D eigenvalue weighted by Gasteiger charge is -2.51. The maximum Gasteiger partial charge on any atom is 0.248 e. The molecule has 4 aliphatic rings. The van der Waals surface area contributed by atoms with Crippen LogP contribution in [0.3, 0.4) is 0 Å². The van der Waals surface area contributed by atoms with Crippen molar-refractivity contribution in [1.82, 2.24) is 9.80 Å². The molecule has 0 spiro atoms. The molecular weight excluding hydrogens is 280 g/mol. The molecule has 0 unspecified atom stereocenters. The minimum atomic E-state index is -0.414. The van der Waals surface area contributed by atoms with Gasteiger partial charge in [0, 0.05) is 18.5 Å². The predicted molar refractivity (Wildman–Crippen MR) is 81.5 cm³/mol. The second kappa shape index (κ2) is 5.25. The lowest BCUT2D eigenvalue weighted by Crippen LogP contribution is -2.61. The van der Waals surface area contributed by atoms with Crippen LogP contribution in [0.25, 0.3) is 0 Å². The van der Waals surface area contributed by atoms with Crippen LogP contribution in [0.2, 0.25) is 0 Å². The number of aliphatic hydroxyl groups excluding tert-OH is 1. The quantitative estimate of drug-likeness (QED) is 0.847. The van der Waals surface area contributed by atoms with Crippen molar-refractivity contribution < 1.29 is 15.0 Å². The first-order valence-corrected chi connectivity index (χ1v) is 8.12. The molecule has 2 bridgehead atoms. The van der Waals surface area contributed by atoms with E-state index in [-0.39, 0.29) is 23.6 Å². The van der Waals surface area contributed by atoms with Gasteiger partial charge in [0.2, 0.25) is 5.91 Å². The molecule has 4 saturated heterocycles. The minimum Gasteiger partial charge on any atom is -0.508 e. The van der Waals surface area contributed by atoms with Gasteiger partial charge in [0.15, 0.2) is 0 Å². The van der Waals surface area contributed by atoms with Crippen molar-refractivity contribution in [3.8, 4) is 5.75 Å². The van der Waals surface area contributed by atoms with Crippen LogP contribution >= 0.6 is 0 Å². The highest BCUT2D eigenvalue weighted by atomic mass is 16.3. The number of aromatic hydroxyl groups is 1. The van der Waals surface area contributed by atoms with Crippen LogP contribution in [-0.2, 0) is 4.79 Å². The molecular formula is C17H22N2O3. The number of hydrogen-bond acceptors (Lipinski definition) is 4. The van der Waals surface area contributed by atoms with Crippen molar-refractivity contribution in [2.45, 2.75) is 30.8 Å². The Morgan fingerprint density at radius 2 is 2.00 bits per heavy atom. The highest BCUT2D eigenvalue weighted by Gasteiger charge is 2.54. The molecule has 22 heavy (non-hydrogen) atoms. The molecule has 5 rings (SSSR count). The second-order valence-corrected chi connectivity index (χ2v) is 6.76. The van der Waals surface area contributed by atoms with Crippen LogP contribution in [0.15, 0.2) is 24.3 Å². The number of rotatable bonds is 2. The van der Waals surface area contributed by atoms with Crippen LogP contribution in [0.5, 0.6) is 5.75 Å². The minimum absolute atomic E-state index is 0.161. The third kappa shape index (κ3) is 2.03. The Morgan fingerprint density at radius 1 is 1.23 bits per heavy atom. The van der Waals surface area contributed by atoms with Gasteiger partial charge in [-0.15, -0.1) is 0 Å². The van der Waals surface area contributed by atoms with E-state index in [1.807, 2.05) is 23.1 Å². The van der Waals surface area contributed by atoms with E-state index < -0.39 is 6.61 Å². The number of phenolic OH excluding ortho intramolecular Hbond substituents is 1. The monoisotopic (exact) mass is 302 g/mol. The fourth-order valence-electron chi connectivity index (χ4n) is 4.84. The average molecular weight is 302 g/mol. The van der Waals surface area contributed by atoms with Crippen LogP contribution in [0, 0.1) is 5.92 Å². The maximum atomic E-state index is 12.2. The molecule has 1 amide bonds. The number of amides is 1. The summed E-state index contributed by atoms with van der Waals surface area (Å²) in [7, 11) is 0. The molecule has 118 valence electrons. The molecule has 0 saturated carbocycles. The number of aliphatic hydroxyl groups is 1. The first kappa shape index (κ1) is 14.0. The number of fused-ring (bicyclic) bond motifs is 2. The molecule has 0 aliphatic carbocycles. The average Bonchev–Trinajstić information content (AvgIpc) is 2.98. The Balaban J connectivity index is 1.72. The van der Waals surface area contributed by atoms with Gasteiger partial charge in [-0.05, 0) is 49.5 Å². The van der Waals surface area contributed by atoms with Crippen LogP contribution in [0.4, 0.5) is 0 Å². The highest BCUT2D eigenvalue weighted by Crippen LogP contribution is 2.46. The number of hydrogen-bond donors (Lipinski definition) is 2. The first-order valence-electron chi connectivity index (χ1n) is 8.12. The fraction of sp³-hybridized carbons (Fsp3) is 0.588. The van der Waals surface area contributed by atoms with Gasteiger partial charge < -0.3 is 15.1 Å². The summed E-state index contributed by atoms with van der Waals surface area (Å²) >= 11 is 0. The Kier molecular flexibility index (Phi) is 3.35. The van der Waals surface area contributed by atoms with E-state index in [0.29, 0.717) is 18.5 Å². The zero-order valence-corrected chi connectivity index (χ0v) is 12.6. The zero-order valence-electron chi connectivity index (χ0n) is 12.6. The van der Waals surface area contributed by atoms with Gasteiger partial charge >= 0.3 is 0 Å². The summed E-state index contributed by atoms with van der Waals surface area (Å²) in [6, 6.07) is 7.95. The number of nitrogens with zero attached hydrogens (tertiary/aromatic N) is 2. The Morgan fingerprint density at radius 3 is 2.68 bits per heavy atom. The largest absolute Gasteiger partial charge is 0.508 e. The molecule has 1 aromatic rings. The SMILES string of the molecule is O=C(CO)N1C[C@@H](c2cccc(O)c2)[C@@H]2[C@H]1C1CCN2CC1. The van der Waals surface area contributed by atoms with Gasteiger partial charge in [-0.3, -0.25) is 9.69 Å². The highest BCUT2D eigenvalue weighted by molar-refractivity contribution is 5.78. The van der Waals surface area contributed by atoms with E-state index in [1.54, 1.807) is 6.07 Å².